The lowest BCUT2D eigenvalue weighted by Crippen LogP contribution is -2.30. The molecule has 0 bridgehead atoms. The van der Waals surface area contributed by atoms with Crippen LogP contribution in [0.1, 0.15) is 50.7 Å². The number of amides is 1. The van der Waals surface area contributed by atoms with Gasteiger partial charge in [-0.15, -0.1) is 11.3 Å². The molecule has 0 radical (unpaired) electrons. The molecule has 1 heterocycles. The van der Waals surface area contributed by atoms with Gasteiger partial charge >= 0.3 is 5.97 Å². The highest BCUT2D eigenvalue weighted by atomic mass is 32.1. The Balaban J connectivity index is 2.06. The fraction of sp³-hybridized carbons (Fsp3) is 0.400. The maximum atomic E-state index is 12.4. The van der Waals surface area contributed by atoms with Gasteiger partial charge in [-0.1, -0.05) is 24.6 Å². The van der Waals surface area contributed by atoms with Crippen molar-refractivity contribution >= 4 is 28.9 Å². The van der Waals surface area contributed by atoms with Crippen molar-refractivity contribution in [2.75, 3.05) is 5.32 Å². The topological polar surface area (TPSA) is 55.4 Å². The quantitative estimate of drug-likeness (QED) is 0.785. The Hall–Kier alpha value is -2.14. The lowest BCUT2D eigenvalue weighted by Gasteiger charge is -2.16. The molecule has 134 valence electrons. The van der Waals surface area contributed by atoms with Gasteiger partial charge in [0.25, 0.3) is 5.91 Å². The molecule has 4 nitrogen and oxygen atoms in total. The van der Waals surface area contributed by atoms with E-state index in [9.17, 15) is 9.59 Å². The lowest BCUT2D eigenvalue weighted by atomic mass is 10.0. The third-order valence-electron chi connectivity index (χ3n) is 4.12. The Morgan fingerprint density at radius 1 is 1.08 bits per heavy atom. The van der Waals surface area contributed by atoms with E-state index in [-0.39, 0.29) is 5.91 Å². The number of carbonyl (C=O) groups excluding carboxylic acids is 2. The first-order chi connectivity index (χ1) is 11.7. The molecule has 25 heavy (non-hydrogen) atoms. The molecule has 1 aromatic heterocycles. The van der Waals surface area contributed by atoms with Gasteiger partial charge in [0.15, 0.2) is 6.10 Å². The van der Waals surface area contributed by atoms with Crippen LogP contribution in [0.3, 0.4) is 0 Å². The number of hydrogen-bond acceptors (Lipinski definition) is 4. The average Bonchev–Trinajstić information content (AvgIpc) is 2.91. The van der Waals surface area contributed by atoms with Gasteiger partial charge in [-0.05, 0) is 63.8 Å². The first-order valence-corrected chi connectivity index (χ1v) is 9.23. The van der Waals surface area contributed by atoms with Crippen LogP contribution in [0.2, 0.25) is 0 Å². The molecule has 1 aromatic carbocycles. The molecule has 0 spiro atoms. The summed E-state index contributed by atoms with van der Waals surface area (Å²) in [5.41, 5.74) is 4.99. The minimum atomic E-state index is -0.861. The largest absolute Gasteiger partial charge is 0.448 e. The zero-order valence-electron chi connectivity index (χ0n) is 15.6. The van der Waals surface area contributed by atoms with E-state index in [1.165, 1.54) is 11.3 Å². The SMILES string of the molecule is CCc1sc(C(=O)OC(C)C(=O)Nc2c(C)cc(C)cc2C)cc1C. The minimum Gasteiger partial charge on any atom is -0.448 e. The highest BCUT2D eigenvalue weighted by molar-refractivity contribution is 7.14. The standard InChI is InChI=1S/C20H25NO3S/c1-7-16-12(3)10-17(25-16)20(23)24-15(6)19(22)21-18-13(4)8-11(2)9-14(18)5/h8-10,15H,7H2,1-6H3,(H,21,22). The molecular formula is C20H25NO3S. The monoisotopic (exact) mass is 359 g/mol. The summed E-state index contributed by atoms with van der Waals surface area (Å²) in [6.45, 7) is 11.5. The molecule has 5 heteroatoms. The van der Waals surface area contributed by atoms with Crippen LogP contribution in [0.15, 0.2) is 18.2 Å². The molecule has 1 N–H and O–H groups in total. The Morgan fingerprint density at radius 2 is 1.68 bits per heavy atom. The van der Waals surface area contributed by atoms with Crippen LogP contribution < -0.4 is 5.32 Å². The third-order valence-corrected chi connectivity index (χ3v) is 5.48. The van der Waals surface area contributed by atoms with Crippen LogP contribution in [0, 0.1) is 27.7 Å². The normalized spacial score (nSPS) is 11.9. The number of rotatable bonds is 5. The fourth-order valence-corrected chi connectivity index (χ4v) is 3.84. The Bertz CT molecular complexity index is 784. The van der Waals surface area contributed by atoms with Crippen LogP contribution in [0.25, 0.3) is 0 Å². The van der Waals surface area contributed by atoms with Crippen molar-refractivity contribution in [3.05, 3.63) is 50.2 Å². The van der Waals surface area contributed by atoms with Crippen molar-refractivity contribution in [3.63, 3.8) is 0 Å². The summed E-state index contributed by atoms with van der Waals surface area (Å²) in [5, 5.41) is 2.88. The molecule has 0 fully saturated rings. The molecule has 1 amide bonds. The van der Waals surface area contributed by atoms with Gasteiger partial charge in [0, 0.05) is 10.6 Å². The summed E-state index contributed by atoms with van der Waals surface area (Å²) in [7, 11) is 0. The van der Waals surface area contributed by atoms with Gasteiger partial charge < -0.3 is 10.1 Å². The summed E-state index contributed by atoms with van der Waals surface area (Å²) in [5.74, 6) is -0.778. The van der Waals surface area contributed by atoms with E-state index < -0.39 is 12.1 Å². The summed E-state index contributed by atoms with van der Waals surface area (Å²) in [6, 6.07) is 5.85. The predicted molar refractivity (Wildman–Crippen MR) is 103 cm³/mol. The highest BCUT2D eigenvalue weighted by Gasteiger charge is 2.22. The van der Waals surface area contributed by atoms with Crippen LogP contribution in [0.5, 0.6) is 0 Å². The first-order valence-electron chi connectivity index (χ1n) is 8.42. The van der Waals surface area contributed by atoms with Crippen molar-refractivity contribution in [2.24, 2.45) is 0 Å². The predicted octanol–water partition coefficient (Wildman–Crippen LogP) is 4.73. The van der Waals surface area contributed by atoms with Gasteiger partial charge in [-0.3, -0.25) is 4.79 Å². The molecule has 0 saturated heterocycles. The van der Waals surface area contributed by atoms with Crippen molar-refractivity contribution in [1.82, 2.24) is 0 Å². The number of carbonyl (C=O) groups is 2. The van der Waals surface area contributed by atoms with Crippen molar-refractivity contribution in [3.8, 4) is 0 Å². The molecule has 0 aliphatic carbocycles. The van der Waals surface area contributed by atoms with E-state index in [0.29, 0.717) is 4.88 Å². The van der Waals surface area contributed by atoms with Gasteiger partial charge in [-0.2, -0.15) is 0 Å². The second-order valence-corrected chi connectivity index (χ2v) is 7.52. The molecule has 0 saturated carbocycles. The fourth-order valence-electron chi connectivity index (χ4n) is 2.85. The first kappa shape index (κ1) is 19.2. The summed E-state index contributed by atoms with van der Waals surface area (Å²) < 4.78 is 5.35. The van der Waals surface area contributed by atoms with Crippen LogP contribution in [0.4, 0.5) is 5.69 Å². The minimum absolute atomic E-state index is 0.326. The maximum Gasteiger partial charge on any atom is 0.349 e. The summed E-state index contributed by atoms with van der Waals surface area (Å²) >= 11 is 1.43. The van der Waals surface area contributed by atoms with Gasteiger partial charge in [-0.25, -0.2) is 4.79 Å². The van der Waals surface area contributed by atoms with E-state index in [0.717, 1.165) is 39.2 Å². The molecule has 2 aromatic rings. The second-order valence-electron chi connectivity index (χ2n) is 6.38. The van der Waals surface area contributed by atoms with E-state index >= 15 is 0 Å². The van der Waals surface area contributed by atoms with Crippen molar-refractivity contribution in [1.29, 1.82) is 0 Å². The number of hydrogen-bond donors (Lipinski definition) is 1. The van der Waals surface area contributed by atoms with Crippen molar-refractivity contribution < 1.29 is 14.3 Å². The Labute approximate surface area is 153 Å². The van der Waals surface area contributed by atoms with E-state index in [4.69, 9.17) is 4.74 Å². The number of aryl methyl sites for hydroxylation is 5. The second kappa shape index (κ2) is 7.83. The number of esters is 1. The summed E-state index contributed by atoms with van der Waals surface area (Å²) in [4.78, 5) is 26.4. The number of ether oxygens (including phenoxy) is 1. The van der Waals surface area contributed by atoms with Crippen LogP contribution in [-0.2, 0) is 16.0 Å². The number of benzene rings is 1. The third kappa shape index (κ3) is 4.48. The van der Waals surface area contributed by atoms with Gasteiger partial charge in [0.1, 0.15) is 4.88 Å². The molecule has 2 rings (SSSR count). The van der Waals surface area contributed by atoms with E-state index in [2.05, 4.69) is 12.2 Å². The van der Waals surface area contributed by atoms with E-state index in [1.807, 2.05) is 45.9 Å². The van der Waals surface area contributed by atoms with Crippen LogP contribution >= 0.6 is 11.3 Å². The number of nitrogens with one attached hydrogen (secondary N) is 1. The van der Waals surface area contributed by atoms with Crippen LogP contribution in [-0.4, -0.2) is 18.0 Å². The van der Waals surface area contributed by atoms with E-state index in [1.54, 1.807) is 6.92 Å². The van der Waals surface area contributed by atoms with Gasteiger partial charge in [0.05, 0.1) is 0 Å². The maximum absolute atomic E-state index is 12.4. The average molecular weight is 359 g/mol. The molecule has 1 unspecified atom stereocenters. The molecule has 1 atom stereocenters. The number of thiophene rings is 1. The molecule has 0 aliphatic rings. The zero-order valence-corrected chi connectivity index (χ0v) is 16.5. The van der Waals surface area contributed by atoms with Gasteiger partial charge in [0.2, 0.25) is 0 Å². The zero-order chi connectivity index (χ0) is 18.7. The Kier molecular flexibility index (Phi) is 6.01. The van der Waals surface area contributed by atoms with Crippen molar-refractivity contribution in [2.45, 2.75) is 54.1 Å². The number of anilines is 1. The summed E-state index contributed by atoms with van der Waals surface area (Å²) in [6.07, 6.45) is 0.0197. The lowest BCUT2D eigenvalue weighted by molar-refractivity contribution is -0.123. The molecule has 0 aliphatic heterocycles. The smallest absolute Gasteiger partial charge is 0.349 e. The molecular weight excluding hydrogens is 334 g/mol. The Morgan fingerprint density at radius 3 is 2.20 bits per heavy atom. The highest BCUT2D eigenvalue weighted by Crippen LogP contribution is 2.24.